The third kappa shape index (κ3) is 2.00. The van der Waals surface area contributed by atoms with Crippen LogP contribution in [0.2, 0.25) is 5.02 Å². The normalized spacial score (nSPS) is 25.0. The molecule has 0 aromatic heterocycles. The number of carbonyl (C=O) groups excluding carboxylic acids is 2. The van der Waals surface area contributed by atoms with Crippen LogP contribution in [0.5, 0.6) is 0 Å². The average Bonchev–Trinajstić information content (AvgIpc) is 2.67. The van der Waals surface area contributed by atoms with Gasteiger partial charge in [-0.05, 0) is 11.6 Å². The number of benzene rings is 1. The van der Waals surface area contributed by atoms with Gasteiger partial charge in [-0.25, -0.2) is 0 Å². The van der Waals surface area contributed by atoms with Crippen LogP contribution in [-0.2, 0) is 16.1 Å². The molecule has 1 aliphatic carbocycles. The van der Waals surface area contributed by atoms with E-state index in [4.69, 9.17) is 11.6 Å². The van der Waals surface area contributed by atoms with Gasteiger partial charge in [-0.2, -0.15) is 0 Å². The van der Waals surface area contributed by atoms with Gasteiger partial charge < -0.3 is 4.90 Å². The molecule has 0 radical (unpaired) electrons. The van der Waals surface area contributed by atoms with Crippen molar-refractivity contribution in [2.45, 2.75) is 12.6 Å². The highest BCUT2D eigenvalue weighted by Crippen LogP contribution is 2.30. The lowest BCUT2D eigenvalue weighted by Crippen LogP contribution is -2.33. The summed E-state index contributed by atoms with van der Waals surface area (Å²) in [7, 11) is 0. The van der Waals surface area contributed by atoms with Gasteiger partial charge in [0, 0.05) is 11.6 Å². The zero-order valence-corrected chi connectivity index (χ0v) is 10.9. The molecular weight excluding hydrogens is 262 g/mol. The van der Waals surface area contributed by atoms with E-state index in [1.54, 1.807) is 17.0 Å². The van der Waals surface area contributed by atoms with Gasteiger partial charge in [0.15, 0.2) is 0 Å². The Balaban J connectivity index is 1.91. The Kier molecular flexibility index (Phi) is 2.99. The van der Waals surface area contributed by atoms with Gasteiger partial charge in [0.2, 0.25) is 5.78 Å². The number of hydrogen-bond donors (Lipinski definition) is 0. The van der Waals surface area contributed by atoms with E-state index in [-0.39, 0.29) is 17.7 Å². The molecule has 1 heterocycles. The number of likely N-dealkylation sites (tertiary alicyclic amines) is 1. The summed E-state index contributed by atoms with van der Waals surface area (Å²) in [5, 5.41) is 0.613. The predicted octanol–water partition coefficient (Wildman–Crippen LogP) is 2.36. The Morgan fingerprint density at radius 3 is 2.63 bits per heavy atom. The fraction of sp³-hybridized carbons (Fsp3) is 0.200. The molecule has 3 rings (SSSR count). The van der Waals surface area contributed by atoms with Crippen molar-refractivity contribution in [1.82, 2.24) is 4.90 Å². The minimum absolute atomic E-state index is 0.179. The van der Waals surface area contributed by atoms with Crippen LogP contribution in [0.3, 0.4) is 0 Å². The Bertz CT molecular complexity index is 606. The summed E-state index contributed by atoms with van der Waals surface area (Å²) >= 11 is 6.11. The van der Waals surface area contributed by atoms with E-state index in [2.05, 4.69) is 0 Å². The maximum absolute atomic E-state index is 12.1. The summed E-state index contributed by atoms with van der Waals surface area (Å²) in [6.07, 6.45) is 7.36. The number of halogens is 1. The molecule has 0 spiro atoms. The molecule has 0 N–H and O–H groups in total. The van der Waals surface area contributed by atoms with E-state index in [0.717, 1.165) is 5.56 Å². The van der Waals surface area contributed by atoms with Crippen molar-refractivity contribution in [3.05, 3.63) is 59.2 Å². The smallest absolute Gasteiger partial charge is 0.291 e. The molecule has 2 aliphatic rings. The van der Waals surface area contributed by atoms with Crippen LogP contribution in [0.25, 0.3) is 0 Å². The lowest BCUT2D eigenvalue weighted by molar-refractivity contribution is -0.141. The number of amides is 1. The van der Waals surface area contributed by atoms with Gasteiger partial charge in [0.25, 0.3) is 5.91 Å². The summed E-state index contributed by atoms with van der Waals surface area (Å²) in [4.78, 5) is 25.6. The lowest BCUT2D eigenvalue weighted by atomic mass is 9.95. The van der Waals surface area contributed by atoms with Gasteiger partial charge in [-0.1, -0.05) is 54.1 Å². The summed E-state index contributed by atoms with van der Waals surface area (Å²) < 4.78 is 0. The highest BCUT2D eigenvalue weighted by atomic mass is 35.5. The van der Waals surface area contributed by atoms with Crippen molar-refractivity contribution < 1.29 is 9.59 Å². The third-order valence-electron chi connectivity index (χ3n) is 3.54. The first-order valence-electron chi connectivity index (χ1n) is 6.11. The molecule has 1 aromatic rings. The lowest BCUT2D eigenvalue weighted by Gasteiger charge is -2.25. The largest absolute Gasteiger partial charge is 0.324 e. The molecular formula is C15H12ClNO2. The first kappa shape index (κ1) is 12.2. The fourth-order valence-electron chi connectivity index (χ4n) is 2.54. The van der Waals surface area contributed by atoms with E-state index in [1.165, 1.54) is 0 Å². The molecule has 96 valence electrons. The number of ketones is 1. The second-order valence-corrected chi connectivity index (χ2v) is 5.08. The van der Waals surface area contributed by atoms with Crippen LogP contribution in [-0.4, -0.2) is 22.6 Å². The number of carbonyl (C=O) groups is 2. The number of fused-ring (bicyclic) bond motifs is 1. The minimum atomic E-state index is -0.425. The Morgan fingerprint density at radius 2 is 1.84 bits per heavy atom. The Morgan fingerprint density at radius 1 is 1.11 bits per heavy atom. The van der Waals surface area contributed by atoms with Crippen molar-refractivity contribution in [3.63, 3.8) is 0 Å². The molecule has 19 heavy (non-hydrogen) atoms. The van der Waals surface area contributed by atoms with Gasteiger partial charge in [0.05, 0.1) is 12.0 Å². The second-order valence-electron chi connectivity index (χ2n) is 4.67. The Labute approximate surface area is 116 Å². The van der Waals surface area contributed by atoms with Crippen LogP contribution in [0.1, 0.15) is 5.56 Å². The molecule has 1 fully saturated rings. The third-order valence-corrected chi connectivity index (χ3v) is 3.91. The van der Waals surface area contributed by atoms with Crippen molar-refractivity contribution in [3.8, 4) is 0 Å². The summed E-state index contributed by atoms with van der Waals surface area (Å²) in [5.41, 5.74) is 0.855. The van der Waals surface area contributed by atoms with Crippen LogP contribution in [0.4, 0.5) is 0 Å². The highest BCUT2D eigenvalue weighted by molar-refractivity contribution is 6.39. The van der Waals surface area contributed by atoms with Crippen LogP contribution in [0.15, 0.2) is 48.6 Å². The van der Waals surface area contributed by atoms with Crippen molar-refractivity contribution in [1.29, 1.82) is 0 Å². The molecule has 4 heteroatoms. The van der Waals surface area contributed by atoms with Gasteiger partial charge in [-0.15, -0.1) is 0 Å². The molecule has 0 bridgehead atoms. The van der Waals surface area contributed by atoms with Crippen molar-refractivity contribution in [2.24, 2.45) is 5.92 Å². The van der Waals surface area contributed by atoms with E-state index in [1.807, 2.05) is 36.4 Å². The highest BCUT2D eigenvalue weighted by Gasteiger charge is 2.45. The first-order chi connectivity index (χ1) is 9.18. The van der Waals surface area contributed by atoms with Gasteiger partial charge in [0.1, 0.15) is 0 Å². The standard InChI is InChI=1S/C15H12ClNO2/c16-12-7-3-1-5-10(12)9-17-13-8-4-2-6-11(13)14(18)15(17)19/h1-8,11,13H,9H2/t11-,13+/m1/s1. The first-order valence-corrected chi connectivity index (χ1v) is 6.49. The number of nitrogens with zero attached hydrogens (tertiary/aromatic N) is 1. The molecule has 1 aromatic carbocycles. The molecule has 0 saturated carbocycles. The minimum Gasteiger partial charge on any atom is -0.324 e. The van der Waals surface area contributed by atoms with Crippen LogP contribution in [0, 0.1) is 5.92 Å². The zero-order chi connectivity index (χ0) is 13.4. The molecule has 1 amide bonds. The van der Waals surface area contributed by atoms with E-state index >= 15 is 0 Å². The second kappa shape index (κ2) is 4.67. The SMILES string of the molecule is O=C1C(=O)N(Cc2ccccc2Cl)[C@H]2C=CC=C[C@@H]12. The van der Waals surface area contributed by atoms with Gasteiger partial charge >= 0.3 is 0 Å². The van der Waals surface area contributed by atoms with E-state index < -0.39 is 5.91 Å². The zero-order valence-electron chi connectivity index (χ0n) is 10.1. The summed E-state index contributed by atoms with van der Waals surface area (Å²) in [6, 6.07) is 7.19. The molecule has 3 nitrogen and oxygen atoms in total. The van der Waals surface area contributed by atoms with Crippen molar-refractivity contribution >= 4 is 23.3 Å². The maximum Gasteiger partial charge on any atom is 0.291 e. The van der Waals surface area contributed by atoms with Crippen molar-refractivity contribution in [2.75, 3.05) is 0 Å². The van der Waals surface area contributed by atoms with Crippen LogP contribution >= 0.6 is 11.6 Å². The molecule has 1 aliphatic heterocycles. The molecule has 2 atom stereocenters. The monoisotopic (exact) mass is 273 g/mol. The van der Waals surface area contributed by atoms with E-state index in [9.17, 15) is 9.59 Å². The van der Waals surface area contributed by atoms with Gasteiger partial charge in [-0.3, -0.25) is 9.59 Å². The summed E-state index contributed by atoms with van der Waals surface area (Å²) in [6.45, 7) is 0.365. The quantitative estimate of drug-likeness (QED) is 0.776. The predicted molar refractivity (Wildman–Crippen MR) is 72.6 cm³/mol. The number of allylic oxidation sites excluding steroid dienone is 2. The maximum atomic E-state index is 12.1. The average molecular weight is 274 g/mol. The van der Waals surface area contributed by atoms with Crippen LogP contribution < -0.4 is 0 Å². The number of Topliss-reactive ketones (excluding diaryl/α,β-unsaturated/α-hetero) is 1. The van der Waals surface area contributed by atoms with E-state index in [0.29, 0.717) is 11.6 Å². The fourth-order valence-corrected chi connectivity index (χ4v) is 2.74. The summed E-state index contributed by atoms with van der Waals surface area (Å²) in [5.74, 6) is -1.11. The molecule has 0 unspecified atom stereocenters. The Hall–Kier alpha value is -1.87. The number of rotatable bonds is 2. The number of hydrogen-bond acceptors (Lipinski definition) is 2. The topological polar surface area (TPSA) is 37.4 Å². The molecule has 1 saturated heterocycles.